The van der Waals surface area contributed by atoms with E-state index < -0.39 is 10.0 Å². The van der Waals surface area contributed by atoms with Crippen LogP contribution in [0, 0.1) is 0 Å². The Morgan fingerprint density at radius 3 is 2.43 bits per heavy atom. The molecule has 30 heavy (non-hydrogen) atoms. The standard InChI is InChI=1S/C22H27N3O4S/c1-17(18-6-8-20(9-7-18)24-11-13-29-14-12-24)23-22(26)19-4-2-5-21(16-19)25-10-3-15-30(25,27)28/h2,4-9,16-17H,3,10-15H2,1H3,(H,23,26). The van der Waals surface area contributed by atoms with Crippen molar-refractivity contribution in [3.63, 3.8) is 0 Å². The van der Waals surface area contributed by atoms with Gasteiger partial charge in [0.2, 0.25) is 10.0 Å². The molecule has 4 rings (SSSR count). The van der Waals surface area contributed by atoms with Gasteiger partial charge in [-0.2, -0.15) is 0 Å². The zero-order chi connectivity index (χ0) is 21.1. The first kappa shape index (κ1) is 20.7. The molecule has 2 aromatic rings. The number of morpholine rings is 1. The minimum atomic E-state index is -3.27. The number of hydrogen-bond acceptors (Lipinski definition) is 5. The van der Waals surface area contributed by atoms with E-state index in [2.05, 4.69) is 22.3 Å². The van der Waals surface area contributed by atoms with E-state index >= 15 is 0 Å². The summed E-state index contributed by atoms with van der Waals surface area (Å²) in [5.74, 6) is -0.0702. The van der Waals surface area contributed by atoms with Crippen molar-refractivity contribution >= 4 is 27.3 Å². The first-order chi connectivity index (χ1) is 14.4. The molecule has 1 amide bonds. The third kappa shape index (κ3) is 4.44. The lowest BCUT2D eigenvalue weighted by Gasteiger charge is -2.29. The van der Waals surface area contributed by atoms with Crippen molar-refractivity contribution < 1.29 is 17.9 Å². The van der Waals surface area contributed by atoms with Gasteiger partial charge in [0.15, 0.2) is 0 Å². The van der Waals surface area contributed by atoms with Crippen LogP contribution in [0.1, 0.15) is 35.3 Å². The van der Waals surface area contributed by atoms with Gasteiger partial charge in [-0.3, -0.25) is 9.10 Å². The topological polar surface area (TPSA) is 79.0 Å². The zero-order valence-corrected chi connectivity index (χ0v) is 17.9. The van der Waals surface area contributed by atoms with Crippen LogP contribution in [0.4, 0.5) is 11.4 Å². The van der Waals surface area contributed by atoms with Gasteiger partial charge in [0, 0.05) is 30.9 Å². The number of sulfonamides is 1. The molecular formula is C22H27N3O4S. The molecule has 2 saturated heterocycles. The molecule has 0 spiro atoms. The number of ether oxygens (including phenoxy) is 1. The molecule has 0 aromatic heterocycles. The van der Waals surface area contributed by atoms with Crippen LogP contribution >= 0.6 is 0 Å². The van der Waals surface area contributed by atoms with Crippen LogP contribution in [-0.2, 0) is 14.8 Å². The Kier molecular flexibility index (Phi) is 5.97. The summed E-state index contributed by atoms with van der Waals surface area (Å²) in [6, 6.07) is 14.8. The Hall–Kier alpha value is -2.58. The van der Waals surface area contributed by atoms with Gasteiger partial charge in [0.25, 0.3) is 5.91 Å². The maximum absolute atomic E-state index is 12.8. The minimum absolute atomic E-state index is 0.154. The smallest absolute Gasteiger partial charge is 0.251 e. The van der Waals surface area contributed by atoms with Crippen LogP contribution in [0.15, 0.2) is 48.5 Å². The number of benzene rings is 2. The normalized spacial score (nSPS) is 19.5. The average molecular weight is 430 g/mol. The summed E-state index contributed by atoms with van der Waals surface area (Å²) < 4.78 is 31.1. The van der Waals surface area contributed by atoms with E-state index in [0.29, 0.717) is 24.2 Å². The Morgan fingerprint density at radius 2 is 1.77 bits per heavy atom. The van der Waals surface area contributed by atoms with Crippen molar-refractivity contribution in [3.05, 3.63) is 59.7 Å². The fourth-order valence-electron chi connectivity index (χ4n) is 3.89. The largest absolute Gasteiger partial charge is 0.378 e. The predicted molar refractivity (Wildman–Crippen MR) is 118 cm³/mol. The van der Waals surface area contributed by atoms with Crippen molar-refractivity contribution in [1.29, 1.82) is 0 Å². The number of amides is 1. The Morgan fingerprint density at radius 1 is 1.03 bits per heavy atom. The van der Waals surface area contributed by atoms with E-state index in [0.717, 1.165) is 37.6 Å². The van der Waals surface area contributed by atoms with Crippen molar-refractivity contribution in [1.82, 2.24) is 5.32 Å². The number of anilines is 2. The molecule has 2 aliphatic rings. The Bertz CT molecular complexity index is 1000. The van der Waals surface area contributed by atoms with Crippen LogP contribution in [0.2, 0.25) is 0 Å². The summed E-state index contributed by atoms with van der Waals surface area (Å²) >= 11 is 0. The second kappa shape index (κ2) is 8.65. The van der Waals surface area contributed by atoms with Crippen molar-refractivity contribution in [3.8, 4) is 0 Å². The van der Waals surface area contributed by atoms with E-state index in [1.54, 1.807) is 24.3 Å². The van der Waals surface area contributed by atoms with E-state index in [1.165, 1.54) is 4.31 Å². The third-order valence-electron chi connectivity index (χ3n) is 5.61. The molecule has 0 aliphatic carbocycles. The first-order valence-electron chi connectivity index (χ1n) is 10.3. The summed E-state index contributed by atoms with van der Waals surface area (Å²) in [7, 11) is -3.27. The van der Waals surface area contributed by atoms with Gasteiger partial charge in [0.1, 0.15) is 0 Å². The lowest BCUT2D eigenvalue weighted by Crippen LogP contribution is -2.36. The second-order valence-corrected chi connectivity index (χ2v) is 9.69. The molecule has 2 aliphatic heterocycles. The summed E-state index contributed by atoms with van der Waals surface area (Å²) in [4.78, 5) is 15.1. The zero-order valence-electron chi connectivity index (χ0n) is 17.1. The van der Waals surface area contributed by atoms with E-state index in [-0.39, 0.29) is 17.7 Å². The number of nitrogens with one attached hydrogen (secondary N) is 1. The van der Waals surface area contributed by atoms with Gasteiger partial charge < -0.3 is 15.0 Å². The summed E-state index contributed by atoms with van der Waals surface area (Å²) in [6.07, 6.45) is 0.607. The minimum Gasteiger partial charge on any atom is -0.378 e. The highest BCUT2D eigenvalue weighted by atomic mass is 32.2. The molecule has 0 saturated carbocycles. The lowest BCUT2D eigenvalue weighted by atomic mass is 10.1. The molecule has 7 nitrogen and oxygen atoms in total. The van der Waals surface area contributed by atoms with Crippen molar-refractivity contribution in [2.24, 2.45) is 0 Å². The molecule has 0 bridgehead atoms. The van der Waals surface area contributed by atoms with E-state index in [4.69, 9.17) is 4.74 Å². The molecule has 160 valence electrons. The van der Waals surface area contributed by atoms with Gasteiger partial charge in [-0.1, -0.05) is 18.2 Å². The Labute approximate surface area is 177 Å². The monoisotopic (exact) mass is 429 g/mol. The predicted octanol–water partition coefficient (Wildman–Crippen LogP) is 2.55. The molecule has 1 atom stereocenters. The molecule has 2 fully saturated rings. The molecule has 0 radical (unpaired) electrons. The number of rotatable bonds is 5. The van der Waals surface area contributed by atoms with Gasteiger partial charge in [-0.25, -0.2) is 8.42 Å². The van der Waals surface area contributed by atoms with Crippen LogP contribution < -0.4 is 14.5 Å². The number of nitrogens with zero attached hydrogens (tertiary/aromatic N) is 2. The Balaban J connectivity index is 1.43. The van der Waals surface area contributed by atoms with E-state index in [9.17, 15) is 13.2 Å². The average Bonchev–Trinajstić information content (AvgIpc) is 3.13. The highest BCUT2D eigenvalue weighted by molar-refractivity contribution is 7.93. The first-order valence-corrected chi connectivity index (χ1v) is 11.9. The second-order valence-electron chi connectivity index (χ2n) is 7.68. The SMILES string of the molecule is CC(NC(=O)c1cccc(N2CCCS2(=O)=O)c1)c1ccc(N2CCOCC2)cc1. The fraction of sp³-hybridized carbons (Fsp3) is 0.409. The van der Waals surface area contributed by atoms with E-state index in [1.807, 2.05) is 19.1 Å². The molecule has 1 unspecified atom stereocenters. The van der Waals surface area contributed by atoms with Gasteiger partial charge in [-0.05, 0) is 49.2 Å². The van der Waals surface area contributed by atoms with Crippen molar-refractivity contribution in [2.75, 3.05) is 47.8 Å². The van der Waals surface area contributed by atoms with Crippen LogP contribution in [-0.4, -0.2) is 52.9 Å². The maximum atomic E-state index is 12.8. The lowest BCUT2D eigenvalue weighted by molar-refractivity contribution is 0.0940. The quantitative estimate of drug-likeness (QED) is 0.790. The molecule has 2 aromatic carbocycles. The number of carbonyl (C=O) groups excluding carboxylic acids is 1. The van der Waals surface area contributed by atoms with Crippen molar-refractivity contribution in [2.45, 2.75) is 19.4 Å². The maximum Gasteiger partial charge on any atom is 0.251 e. The van der Waals surface area contributed by atoms with Crippen LogP contribution in [0.25, 0.3) is 0 Å². The number of carbonyl (C=O) groups is 1. The van der Waals surface area contributed by atoms with Gasteiger partial charge in [0.05, 0.1) is 30.7 Å². The summed E-state index contributed by atoms with van der Waals surface area (Å²) in [5.41, 5.74) is 3.16. The molecular weight excluding hydrogens is 402 g/mol. The molecule has 2 heterocycles. The third-order valence-corrected chi connectivity index (χ3v) is 7.48. The highest BCUT2D eigenvalue weighted by Crippen LogP contribution is 2.25. The van der Waals surface area contributed by atoms with Crippen LogP contribution in [0.3, 0.4) is 0 Å². The summed E-state index contributed by atoms with van der Waals surface area (Å²) in [6.45, 7) is 5.65. The molecule has 1 N–H and O–H groups in total. The van der Waals surface area contributed by atoms with Gasteiger partial charge in [-0.15, -0.1) is 0 Å². The van der Waals surface area contributed by atoms with Crippen LogP contribution in [0.5, 0.6) is 0 Å². The number of hydrogen-bond donors (Lipinski definition) is 1. The fourth-order valence-corrected chi connectivity index (χ4v) is 5.45. The molecule has 8 heteroatoms. The van der Waals surface area contributed by atoms with Gasteiger partial charge >= 0.3 is 0 Å². The summed E-state index contributed by atoms with van der Waals surface area (Å²) in [5, 5.41) is 3.01. The highest BCUT2D eigenvalue weighted by Gasteiger charge is 2.28.